The van der Waals surface area contributed by atoms with Crippen LogP contribution in [0.2, 0.25) is 0 Å². The maximum Gasteiger partial charge on any atom is 0.191 e. The van der Waals surface area contributed by atoms with Crippen LogP contribution in [0.25, 0.3) is 0 Å². The molecule has 0 saturated carbocycles. The Bertz CT molecular complexity index is 487. The number of guanidine groups is 1. The quantitative estimate of drug-likeness (QED) is 0.431. The molecule has 24 heavy (non-hydrogen) atoms. The fourth-order valence-electron chi connectivity index (χ4n) is 3.04. The van der Waals surface area contributed by atoms with Gasteiger partial charge in [-0.25, -0.2) is 0 Å². The number of nitrogens with zero attached hydrogens (tertiary/aromatic N) is 4. The molecular weight excluding hydrogens is 300 g/mol. The molecular formula is C18H34N6. The Morgan fingerprint density at radius 2 is 2.12 bits per heavy atom. The highest BCUT2D eigenvalue weighted by Crippen LogP contribution is 2.15. The smallest absolute Gasteiger partial charge is 0.191 e. The molecule has 2 heterocycles. The van der Waals surface area contributed by atoms with Gasteiger partial charge in [-0.1, -0.05) is 6.92 Å². The molecule has 0 unspecified atom stereocenters. The van der Waals surface area contributed by atoms with E-state index >= 15 is 0 Å². The zero-order chi connectivity index (χ0) is 17.2. The molecule has 0 spiro atoms. The highest BCUT2D eigenvalue weighted by atomic mass is 15.2. The van der Waals surface area contributed by atoms with E-state index in [0.717, 1.165) is 44.4 Å². The fraction of sp³-hybridized carbons (Fsp3) is 0.778. The summed E-state index contributed by atoms with van der Waals surface area (Å²) in [6, 6.07) is 0. The van der Waals surface area contributed by atoms with Crippen molar-refractivity contribution in [2.24, 2.45) is 18.0 Å². The number of aryl methyl sites for hydroxylation is 1. The Balaban J connectivity index is 1.64. The van der Waals surface area contributed by atoms with Crippen molar-refractivity contribution in [3.8, 4) is 0 Å². The zero-order valence-corrected chi connectivity index (χ0v) is 15.6. The number of rotatable bonds is 8. The van der Waals surface area contributed by atoms with Gasteiger partial charge in [-0.3, -0.25) is 9.67 Å². The van der Waals surface area contributed by atoms with Crippen LogP contribution >= 0.6 is 0 Å². The molecule has 0 amide bonds. The highest BCUT2D eigenvalue weighted by Gasteiger charge is 2.14. The average molecular weight is 335 g/mol. The van der Waals surface area contributed by atoms with Crippen LogP contribution in [0.1, 0.15) is 38.7 Å². The molecule has 0 atom stereocenters. The zero-order valence-electron chi connectivity index (χ0n) is 15.6. The Morgan fingerprint density at radius 3 is 2.79 bits per heavy atom. The van der Waals surface area contributed by atoms with Crippen molar-refractivity contribution in [3.63, 3.8) is 0 Å². The standard InChI is InChI=1S/C18H34N6/c1-4-19-18(21-10-6-17-14-22-23(3)15-17)20-9-5-11-24-12-7-16(2)8-13-24/h14-16H,4-13H2,1-3H3,(H2,19,20,21). The van der Waals surface area contributed by atoms with E-state index in [2.05, 4.69) is 40.7 Å². The summed E-state index contributed by atoms with van der Waals surface area (Å²) in [6.45, 7) is 10.8. The lowest BCUT2D eigenvalue weighted by Crippen LogP contribution is -2.38. The van der Waals surface area contributed by atoms with E-state index < -0.39 is 0 Å². The van der Waals surface area contributed by atoms with Crippen LogP contribution in [-0.2, 0) is 13.5 Å². The van der Waals surface area contributed by atoms with E-state index in [4.69, 9.17) is 4.99 Å². The number of likely N-dealkylation sites (tertiary alicyclic amines) is 1. The SMILES string of the molecule is CCNC(=NCCCN1CCC(C)CC1)NCCc1cnn(C)c1. The summed E-state index contributed by atoms with van der Waals surface area (Å²) < 4.78 is 1.84. The third-order valence-electron chi connectivity index (χ3n) is 4.59. The predicted molar refractivity (Wildman–Crippen MR) is 100 cm³/mol. The minimum absolute atomic E-state index is 0.877. The average Bonchev–Trinajstić information content (AvgIpc) is 2.98. The summed E-state index contributed by atoms with van der Waals surface area (Å²) in [6.07, 6.45) is 8.78. The van der Waals surface area contributed by atoms with Crippen LogP contribution in [0.4, 0.5) is 0 Å². The van der Waals surface area contributed by atoms with E-state index in [1.165, 1.54) is 38.0 Å². The second-order valence-corrected chi connectivity index (χ2v) is 6.84. The number of aromatic nitrogens is 2. The van der Waals surface area contributed by atoms with Crippen molar-refractivity contribution < 1.29 is 0 Å². The van der Waals surface area contributed by atoms with Gasteiger partial charge in [0.1, 0.15) is 0 Å². The molecule has 1 aliphatic rings. The maximum absolute atomic E-state index is 4.70. The first-order valence-electron chi connectivity index (χ1n) is 9.39. The molecule has 1 saturated heterocycles. The van der Waals surface area contributed by atoms with Gasteiger partial charge in [-0.15, -0.1) is 0 Å². The van der Waals surface area contributed by atoms with Gasteiger partial charge in [0.2, 0.25) is 0 Å². The summed E-state index contributed by atoms with van der Waals surface area (Å²) in [5.41, 5.74) is 1.25. The first-order chi connectivity index (χ1) is 11.7. The molecule has 6 heteroatoms. The van der Waals surface area contributed by atoms with Gasteiger partial charge in [0.25, 0.3) is 0 Å². The van der Waals surface area contributed by atoms with Crippen LogP contribution in [0, 0.1) is 5.92 Å². The van der Waals surface area contributed by atoms with Crippen molar-refractivity contribution >= 4 is 5.96 Å². The summed E-state index contributed by atoms with van der Waals surface area (Å²) in [5, 5.41) is 10.9. The minimum Gasteiger partial charge on any atom is -0.357 e. The molecule has 0 aliphatic carbocycles. The van der Waals surface area contributed by atoms with E-state index in [-0.39, 0.29) is 0 Å². The van der Waals surface area contributed by atoms with Crippen molar-refractivity contribution in [3.05, 3.63) is 18.0 Å². The van der Waals surface area contributed by atoms with Crippen LogP contribution in [0.5, 0.6) is 0 Å². The van der Waals surface area contributed by atoms with Crippen LogP contribution in [-0.4, -0.2) is 59.9 Å². The Kier molecular flexibility index (Phi) is 8.08. The molecule has 0 radical (unpaired) electrons. The second kappa shape index (κ2) is 10.3. The van der Waals surface area contributed by atoms with Crippen LogP contribution < -0.4 is 10.6 Å². The first kappa shape index (κ1) is 18.8. The maximum atomic E-state index is 4.70. The minimum atomic E-state index is 0.877. The first-order valence-corrected chi connectivity index (χ1v) is 9.39. The lowest BCUT2D eigenvalue weighted by Gasteiger charge is -2.29. The fourth-order valence-corrected chi connectivity index (χ4v) is 3.04. The molecule has 0 aromatic carbocycles. The van der Waals surface area contributed by atoms with E-state index in [9.17, 15) is 0 Å². The molecule has 0 bridgehead atoms. The topological polar surface area (TPSA) is 57.5 Å². The van der Waals surface area contributed by atoms with Crippen molar-refractivity contribution in [2.45, 2.75) is 39.5 Å². The van der Waals surface area contributed by atoms with Crippen molar-refractivity contribution in [1.82, 2.24) is 25.3 Å². The molecule has 1 aliphatic heterocycles. The highest BCUT2D eigenvalue weighted by molar-refractivity contribution is 5.79. The third-order valence-corrected chi connectivity index (χ3v) is 4.59. The summed E-state index contributed by atoms with van der Waals surface area (Å²) in [7, 11) is 1.95. The normalized spacial score (nSPS) is 17.2. The molecule has 1 fully saturated rings. The summed E-state index contributed by atoms with van der Waals surface area (Å²) in [5.74, 6) is 1.83. The van der Waals surface area contributed by atoms with Crippen molar-refractivity contribution in [2.75, 3.05) is 39.3 Å². The Hall–Kier alpha value is -1.56. The van der Waals surface area contributed by atoms with Gasteiger partial charge in [0.05, 0.1) is 6.20 Å². The van der Waals surface area contributed by atoms with Gasteiger partial charge < -0.3 is 15.5 Å². The predicted octanol–water partition coefficient (Wildman–Crippen LogP) is 1.64. The number of aliphatic imine (C=N–C) groups is 1. The summed E-state index contributed by atoms with van der Waals surface area (Å²) >= 11 is 0. The molecule has 2 rings (SSSR count). The number of hydrogen-bond acceptors (Lipinski definition) is 3. The molecule has 136 valence electrons. The molecule has 6 nitrogen and oxygen atoms in total. The summed E-state index contributed by atoms with van der Waals surface area (Å²) in [4.78, 5) is 7.28. The van der Waals surface area contributed by atoms with E-state index in [0.29, 0.717) is 0 Å². The van der Waals surface area contributed by atoms with E-state index in [1.807, 2.05) is 17.9 Å². The van der Waals surface area contributed by atoms with Gasteiger partial charge in [0, 0.05) is 32.9 Å². The third kappa shape index (κ3) is 6.91. The van der Waals surface area contributed by atoms with Gasteiger partial charge >= 0.3 is 0 Å². The van der Waals surface area contributed by atoms with Gasteiger partial charge in [-0.2, -0.15) is 5.10 Å². The Labute approximate surface area is 146 Å². The lowest BCUT2D eigenvalue weighted by molar-refractivity contribution is 0.192. The monoisotopic (exact) mass is 334 g/mol. The van der Waals surface area contributed by atoms with Gasteiger partial charge in [-0.05, 0) is 63.7 Å². The second-order valence-electron chi connectivity index (χ2n) is 6.84. The van der Waals surface area contributed by atoms with Crippen LogP contribution in [0.3, 0.4) is 0 Å². The molecule has 1 aromatic heterocycles. The number of hydrogen-bond donors (Lipinski definition) is 2. The van der Waals surface area contributed by atoms with Gasteiger partial charge in [0.15, 0.2) is 5.96 Å². The van der Waals surface area contributed by atoms with Crippen molar-refractivity contribution in [1.29, 1.82) is 0 Å². The van der Waals surface area contributed by atoms with Crippen LogP contribution in [0.15, 0.2) is 17.4 Å². The number of piperidine rings is 1. The largest absolute Gasteiger partial charge is 0.357 e. The number of nitrogens with one attached hydrogen (secondary N) is 2. The molecule has 2 N–H and O–H groups in total. The lowest BCUT2D eigenvalue weighted by atomic mass is 9.99. The Morgan fingerprint density at radius 1 is 1.33 bits per heavy atom. The van der Waals surface area contributed by atoms with E-state index in [1.54, 1.807) is 0 Å². The molecule has 1 aromatic rings.